The Morgan fingerprint density at radius 2 is 1.67 bits per heavy atom. The molecule has 0 aliphatic heterocycles. The molecule has 1 N–H and O–H groups in total. The number of sulfonamides is 1. The Balaban J connectivity index is 1.68. The minimum Gasteiger partial charge on any atom is -0.497 e. The van der Waals surface area contributed by atoms with Crippen LogP contribution in [0.4, 0.5) is 11.4 Å². The van der Waals surface area contributed by atoms with E-state index in [1.165, 1.54) is 38.4 Å². The van der Waals surface area contributed by atoms with Gasteiger partial charge in [0.15, 0.2) is 6.61 Å². The Bertz CT molecular complexity index is 1260. The van der Waals surface area contributed by atoms with Crippen LogP contribution in [0.1, 0.15) is 15.9 Å². The summed E-state index contributed by atoms with van der Waals surface area (Å²) in [7, 11) is -1.00. The summed E-state index contributed by atoms with van der Waals surface area (Å²) in [6, 6.07) is 19.2. The Labute approximate surface area is 192 Å². The molecule has 0 fully saturated rings. The molecule has 0 aromatic heterocycles. The predicted molar refractivity (Wildman–Crippen MR) is 125 cm³/mol. The first-order valence-electron chi connectivity index (χ1n) is 9.97. The maximum Gasteiger partial charge on any atom is 0.338 e. The van der Waals surface area contributed by atoms with Gasteiger partial charge in [0.2, 0.25) is 0 Å². The number of methoxy groups -OCH3 is 1. The van der Waals surface area contributed by atoms with Crippen molar-refractivity contribution < 1.29 is 27.5 Å². The number of benzene rings is 3. The van der Waals surface area contributed by atoms with E-state index in [0.717, 1.165) is 9.87 Å². The molecule has 0 saturated heterocycles. The van der Waals surface area contributed by atoms with Crippen molar-refractivity contribution in [2.45, 2.75) is 11.8 Å². The van der Waals surface area contributed by atoms with Crippen LogP contribution in [0.15, 0.2) is 77.7 Å². The number of esters is 1. The molecule has 0 aliphatic rings. The third-order valence-electron chi connectivity index (χ3n) is 4.80. The zero-order chi connectivity index (χ0) is 24.0. The summed E-state index contributed by atoms with van der Waals surface area (Å²) in [5, 5.41) is 2.64. The first-order valence-corrected chi connectivity index (χ1v) is 11.4. The third-order valence-corrected chi connectivity index (χ3v) is 6.58. The van der Waals surface area contributed by atoms with Gasteiger partial charge in [0.05, 0.1) is 23.3 Å². The number of aryl methyl sites for hydroxylation is 1. The number of amides is 1. The Morgan fingerprint density at radius 1 is 0.970 bits per heavy atom. The first kappa shape index (κ1) is 23.8. The second kappa shape index (κ2) is 10.2. The minimum absolute atomic E-state index is 0.0163. The van der Waals surface area contributed by atoms with Gasteiger partial charge in [-0.05, 0) is 67.1 Å². The number of ether oxygens (including phenoxy) is 2. The Morgan fingerprint density at radius 3 is 2.33 bits per heavy atom. The summed E-state index contributed by atoms with van der Waals surface area (Å²) in [5.74, 6) is -0.712. The summed E-state index contributed by atoms with van der Waals surface area (Å²) in [4.78, 5) is 24.4. The number of anilines is 2. The van der Waals surface area contributed by atoms with Gasteiger partial charge in [0.1, 0.15) is 5.75 Å². The summed E-state index contributed by atoms with van der Waals surface area (Å²) < 4.78 is 37.3. The lowest BCUT2D eigenvalue weighted by atomic mass is 10.2. The molecule has 0 atom stereocenters. The van der Waals surface area contributed by atoms with E-state index < -0.39 is 28.5 Å². The van der Waals surface area contributed by atoms with E-state index in [9.17, 15) is 18.0 Å². The number of carbonyl (C=O) groups is 2. The van der Waals surface area contributed by atoms with E-state index in [0.29, 0.717) is 17.1 Å². The van der Waals surface area contributed by atoms with E-state index in [2.05, 4.69) is 5.32 Å². The minimum atomic E-state index is -3.94. The molecular weight excluding hydrogens is 444 g/mol. The van der Waals surface area contributed by atoms with Crippen molar-refractivity contribution in [3.05, 3.63) is 83.9 Å². The monoisotopic (exact) mass is 468 g/mol. The summed E-state index contributed by atoms with van der Waals surface area (Å²) >= 11 is 0. The van der Waals surface area contributed by atoms with Gasteiger partial charge in [-0.15, -0.1) is 0 Å². The van der Waals surface area contributed by atoms with Crippen molar-refractivity contribution in [2.24, 2.45) is 0 Å². The SMILES string of the molecule is COc1ccc(N(C)S(=O)(=O)c2cccc(C(=O)OCC(=O)Nc3cccc(C)c3)c2)cc1. The van der Waals surface area contributed by atoms with Crippen LogP contribution in [0, 0.1) is 6.92 Å². The topological polar surface area (TPSA) is 102 Å². The predicted octanol–water partition coefficient (Wildman–Crippen LogP) is 3.62. The van der Waals surface area contributed by atoms with Crippen molar-refractivity contribution in [3.8, 4) is 5.75 Å². The highest BCUT2D eigenvalue weighted by atomic mass is 32.2. The molecule has 3 aromatic rings. The standard InChI is InChI=1S/C24H24N2O6S/c1-17-6-4-8-19(14-17)25-23(27)16-32-24(28)18-7-5-9-22(15-18)33(29,30)26(2)20-10-12-21(31-3)13-11-20/h4-15H,16H2,1-3H3,(H,25,27). The molecule has 0 unspecified atom stereocenters. The van der Waals surface area contributed by atoms with E-state index in [-0.39, 0.29) is 10.5 Å². The highest BCUT2D eigenvalue weighted by Crippen LogP contribution is 2.25. The van der Waals surface area contributed by atoms with Crippen molar-refractivity contribution in [1.82, 2.24) is 0 Å². The largest absolute Gasteiger partial charge is 0.497 e. The average Bonchev–Trinajstić information content (AvgIpc) is 2.82. The van der Waals surface area contributed by atoms with Crippen LogP contribution in [-0.2, 0) is 19.6 Å². The molecule has 0 heterocycles. The van der Waals surface area contributed by atoms with Gasteiger partial charge >= 0.3 is 5.97 Å². The molecule has 3 aromatic carbocycles. The molecule has 0 radical (unpaired) electrons. The molecule has 3 rings (SSSR count). The van der Waals surface area contributed by atoms with Gasteiger partial charge in [-0.1, -0.05) is 18.2 Å². The molecule has 0 spiro atoms. The van der Waals surface area contributed by atoms with Crippen LogP contribution in [0.2, 0.25) is 0 Å². The van der Waals surface area contributed by atoms with Crippen LogP contribution in [0.5, 0.6) is 5.75 Å². The second-order valence-corrected chi connectivity index (χ2v) is 9.16. The van der Waals surface area contributed by atoms with Gasteiger partial charge in [-0.3, -0.25) is 9.10 Å². The van der Waals surface area contributed by atoms with Crippen LogP contribution < -0.4 is 14.4 Å². The highest BCUT2D eigenvalue weighted by molar-refractivity contribution is 7.92. The lowest BCUT2D eigenvalue weighted by molar-refractivity contribution is -0.119. The van der Waals surface area contributed by atoms with Crippen molar-refractivity contribution in [2.75, 3.05) is 30.4 Å². The average molecular weight is 469 g/mol. The van der Waals surface area contributed by atoms with Crippen molar-refractivity contribution >= 4 is 33.3 Å². The zero-order valence-corrected chi connectivity index (χ0v) is 19.3. The van der Waals surface area contributed by atoms with Gasteiger partial charge in [0.25, 0.3) is 15.9 Å². The summed E-state index contributed by atoms with van der Waals surface area (Å²) in [6.45, 7) is 1.39. The smallest absolute Gasteiger partial charge is 0.338 e. The van der Waals surface area contributed by atoms with E-state index in [1.807, 2.05) is 13.0 Å². The Hall–Kier alpha value is -3.85. The fraction of sp³-hybridized carbons (Fsp3) is 0.167. The van der Waals surface area contributed by atoms with Crippen LogP contribution >= 0.6 is 0 Å². The highest BCUT2D eigenvalue weighted by Gasteiger charge is 2.23. The molecule has 33 heavy (non-hydrogen) atoms. The van der Waals surface area contributed by atoms with E-state index in [4.69, 9.17) is 9.47 Å². The molecule has 0 aliphatic carbocycles. The zero-order valence-electron chi connectivity index (χ0n) is 18.4. The molecule has 0 saturated carbocycles. The van der Waals surface area contributed by atoms with Crippen molar-refractivity contribution in [3.63, 3.8) is 0 Å². The quantitative estimate of drug-likeness (QED) is 0.507. The number of nitrogens with zero attached hydrogens (tertiary/aromatic N) is 1. The first-order chi connectivity index (χ1) is 15.7. The second-order valence-electron chi connectivity index (χ2n) is 7.19. The van der Waals surface area contributed by atoms with Crippen LogP contribution in [0.3, 0.4) is 0 Å². The number of hydrogen-bond acceptors (Lipinski definition) is 6. The molecule has 1 amide bonds. The summed E-state index contributed by atoms with van der Waals surface area (Å²) in [5.41, 5.74) is 2.01. The molecular formula is C24H24N2O6S. The van der Waals surface area contributed by atoms with Gasteiger partial charge < -0.3 is 14.8 Å². The lowest BCUT2D eigenvalue weighted by Crippen LogP contribution is -2.26. The Kier molecular flexibility index (Phi) is 7.34. The summed E-state index contributed by atoms with van der Waals surface area (Å²) in [6.07, 6.45) is 0. The number of carbonyl (C=O) groups excluding carboxylic acids is 2. The number of nitrogens with one attached hydrogen (secondary N) is 1. The third kappa shape index (κ3) is 5.89. The van der Waals surface area contributed by atoms with Crippen LogP contribution in [0.25, 0.3) is 0 Å². The molecule has 172 valence electrons. The number of rotatable bonds is 8. The van der Waals surface area contributed by atoms with Gasteiger partial charge in [-0.2, -0.15) is 0 Å². The number of hydrogen-bond donors (Lipinski definition) is 1. The van der Waals surface area contributed by atoms with Crippen molar-refractivity contribution in [1.29, 1.82) is 0 Å². The molecule has 9 heteroatoms. The van der Waals surface area contributed by atoms with Gasteiger partial charge in [-0.25, -0.2) is 13.2 Å². The van der Waals surface area contributed by atoms with Crippen LogP contribution in [-0.4, -0.2) is 41.1 Å². The van der Waals surface area contributed by atoms with Gasteiger partial charge in [0, 0.05) is 12.7 Å². The van der Waals surface area contributed by atoms with E-state index >= 15 is 0 Å². The maximum absolute atomic E-state index is 13.0. The molecule has 0 bridgehead atoms. The lowest BCUT2D eigenvalue weighted by Gasteiger charge is -2.20. The fourth-order valence-corrected chi connectivity index (χ4v) is 4.25. The fourth-order valence-electron chi connectivity index (χ4n) is 3.01. The molecule has 8 nitrogen and oxygen atoms in total. The maximum atomic E-state index is 13.0. The van der Waals surface area contributed by atoms with E-state index in [1.54, 1.807) is 42.5 Å². The normalized spacial score (nSPS) is 10.9.